The van der Waals surface area contributed by atoms with Crippen molar-refractivity contribution in [2.75, 3.05) is 0 Å². The van der Waals surface area contributed by atoms with Crippen LogP contribution in [0, 0.1) is 0 Å². The maximum Gasteiger partial charge on any atom is 0.227 e. The lowest BCUT2D eigenvalue weighted by molar-refractivity contribution is 0.622. The summed E-state index contributed by atoms with van der Waals surface area (Å²) in [5.41, 5.74) is 8.84. The first-order valence-corrected chi connectivity index (χ1v) is 20.7. The number of hydrogen-bond donors (Lipinski definition) is 0. The molecule has 0 aliphatic carbocycles. The van der Waals surface area contributed by atoms with Gasteiger partial charge in [-0.15, -0.1) is 0 Å². The van der Waals surface area contributed by atoms with Crippen molar-refractivity contribution < 1.29 is 8.83 Å². The fourth-order valence-corrected chi connectivity index (χ4v) is 8.91. The second kappa shape index (κ2) is 13.5. The van der Waals surface area contributed by atoms with Gasteiger partial charge in [0.15, 0.2) is 23.1 Å². The Kier molecular flexibility index (Phi) is 7.50. The zero-order valence-electron chi connectivity index (χ0n) is 33.1. The molecule has 0 amide bonds. The maximum absolute atomic E-state index is 6.66. The molecule has 0 N–H and O–H groups in total. The summed E-state index contributed by atoms with van der Waals surface area (Å²) in [4.78, 5) is 20.4. The van der Waals surface area contributed by atoms with Crippen LogP contribution in [0.2, 0.25) is 0 Å². The van der Waals surface area contributed by atoms with E-state index < -0.39 is 0 Å². The summed E-state index contributed by atoms with van der Waals surface area (Å²) in [5.74, 6) is 2.34. The average molecular weight is 793 g/mol. The molecule has 3 aromatic heterocycles. The first-order chi connectivity index (χ1) is 30.6. The minimum absolute atomic E-state index is 0.567. The number of nitrogens with zero attached hydrogens (tertiary/aromatic N) is 4. The van der Waals surface area contributed by atoms with E-state index in [0.717, 1.165) is 87.8 Å². The maximum atomic E-state index is 6.66. The third-order valence-electron chi connectivity index (χ3n) is 12.1. The van der Waals surface area contributed by atoms with Crippen LogP contribution in [0.4, 0.5) is 0 Å². The fourth-order valence-electron chi connectivity index (χ4n) is 8.91. The van der Waals surface area contributed by atoms with Gasteiger partial charge in [0.2, 0.25) is 5.89 Å². The highest BCUT2D eigenvalue weighted by atomic mass is 16.4. The SMILES string of the molecule is c1ccc2cc(-c3ccc(-c4nc(-c5ccc6ccccc6c5)nc(-c5ccc6ccc7oc8ccc9nc(-c%10ccc%11ccccc%11c%10)oc9c8c7c6c5)n4)cc3)ccc2c1. The molecule has 0 bridgehead atoms. The van der Waals surface area contributed by atoms with E-state index in [2.05, 4.69) is 164 Å². The molecular weight excluding hydrogens is 761 g/mol. The van der Waals surface area contributed by atoms with Crippen LogP contribution in [-0.2, 0) is 0 Å². The smallest absolute Gasteiger partial charge is 0.227 e. The van der Waals surface area contributed by atoms with E-state index in [9.17, 15) is 0 Å². The molecule has 13 rings (SSSR count). The normalized spacial score (nSPS) is 11.9. The molecule has 0 spiro atoms. The summed E-state index contributed by atoms with van der Waals surface area (Å²) in [6.45, 7) is 0. The molecule has 0 aliphatic heterocycles. The molecule has 0 fully saturated rings. The van der Waals surface area contributed by atoms with Gasteiger partial charge in [-0.2, -0.15) is 0 Å². The first-order valence-electron chi connectivity index (χ1n) is 20.7. The Morgan fingerprint density at radius 1 is 0.290 bits per heavy atom. The molecule has 0 unspecified atom stereocenters. The van der Waals surface area contributed by atoms with Crippen molar-refractivity contribution >= 4 is 76.1 Å². The Balaban J connectivity index is 0.969. The quantitative estimate of drug-likeness (QED) is 0.173. The molecule has 3 heterocycles. The molecule has 0 saturated carbocycles. The van der Waals surface area contributed by atoms with Crippen molar-refractivity contribution in [2.45, 2.75) is 0 Å². The van der Waals surface area contributed by atoms with E-state index in [1.165, 1.54) is 16.2 Å². The summed E-state index contributed by atoms with van der Waals surface area (Å²) >= 11 is 0. The molecule has 10 aromatic carbocycles. The van der Waals surface area contributed by atoms with Crippen LogP contribution in [0.15, 0.2) is 203 Å². The van der Waals surface area contributed by atoms with Crippen LogP contribution < -0.4 is 0 Å². The molecule has 6 heteroatoms. The van der Waals surface area contributed by atoms with Gasteiger partial charge in [-0.3, -0.25) is 0 Å². The summed E-state index contributed by atoms with van der Waals surface area (Å²) in [6, 6.07) is 67.3. The summed E-state index contributed by atoms with van der Waals surface area (Å²) in [6.07, 6.45) is 0. The van der Waals surface area contributed by atoms with Crippen LogP contribution >= 0.6 is 0 Å². The summed E-state index contributed by atoms with van der Waals surface area (Å²) < 4.78 is 13.2. The topological polar surface area (TPSA) is 77.8 Å². The van der Waals surface area contributed by atoms with Gasteiger partial charge >= 0.3 is 0 Å². The molecule has 288 valence electrons. The van der Waals surface area contributed by atoms with E-state index in [-0.39, 0.29) is 0 Å². The van der Waals surface area contributed by atoms with Crippen LogP contribution in [0.5, 0.6) is 0 Å². The van der Waals surface area contributed by atoms with E-state index >= 15 is 0 Å². The Bertz CT molecular complexity index is 3940. The predicted octanol–water partition coefficient (Wildman–Crippen LogP) is 14.9. The molecule has 0 atom stereocenters. The Morgan fingerprint density at radius 2 is 0.742 bits per heavy atom. The number of furan rings is 1. The van der Waals surface area contributed by atoms with Crippen molar-refractivity contribution in [3.63, 3.8) is 0 Å². The lowest BCUT2D eigenvalue weighted by atomic mass is 10.00. The average Bonchev–Trinajstić information content (AvgIpc) is 3.96. The number of hydrogen-bond acceptors (Lipinski definition) is 6. The summed E-state index contributed by atoms with van der Waals surface area (Å²) in [5, 5.41) is 10.9. The van der Waals surface area contributed by atoms with E-state index in [0.29, 0.717) is 28.9 Å². The third-order valence-corrected chi connectivity index (χ3v) is 12.1. The minimum atomic E-state index is 0.567. The molecule has 6 nitrogen and oxygen atoms in total. The van der Waals surface area contributed by atoms with E-state index in [1.54, 1.807) is 0 Å². The number of rotatable bonds is 5. The van der Waals surface area contributed by atoms with Crippen LogP contribution in [-0.4, -0.2) is 19.9 Å². The van der Waals surface area contributed by atoms with Crippen molar-refractivity contribution in [1.29, 1.82) is 0 Å². The summed E-state index contributed by atoms with van der Waals surface area (Å²) in [7, 11) is 0. The second-order valence-electron chi connectivity index (χ2n) is 15.9. The number of aromatic nitrogens is 4. The predicted molar refractivity (Wildman–Crippen MR) is 252 cm³/mol. The van der Waals surface area contributed by atoms with Gasteiger partial charge in [-0.25, -0.2) is 19.9 Å². The highest BCUT2D eigenvalue weighted by molar-refractivity contribution is 6.25. The number of fused-ring (bicyclic) bond motifs is 10. The standard InChI is InChI=1S/C56H32N4O2/c1-4-10-39-29-42(21-15-33(39)7-1)36-13-19-38(20-14-36)53-58-54(43-22-16-34-8-2-5-11-40(34)30-43)60-55(59-53)44-23-18-37-25-27-48-50(46(37)32-44)51-49(61-48)28-26-47-52(51)62-56(57-47)45-24-17-35-9-3-6-12-41(35)31-45/h1-32H. The molecular formula is C56H32N4O2. The molecule has 13 aromatic rings. The van der Waals surface area contributed by atoms with Gasteiger partial charge in [0, 0.05) is 27.6 Å². The molecule has 0 radical (unpaired) electrons. The van der Waals surface area contributed by atoms with Crippen molar-refractivity contribution in [2.24, 2.45) is 0 Å². The third kappa shape index (κ3) is 5.65. The van der Waals surface area contributed by atoms with Gasteiger partial charge in [-0.05, 0) is 103 Å². The first kappa shape index (κ1) is 34.4. The van der Waals surface area contributed by atoms with Crippen molar-refractivity contribution in [3.05, 3.63) is 194 Å². The van der Waals surface area contributed by atoms with Crippen LogP contribution in [0.1, 0.15) is 0 Å². The van der Waals surface area contributed by atoms with Gasteiger partial charge in [0.05, 0.1) is 5.39 Å². The van der Waals surface area contributed by atoms with Crippen molar-refractivity contribution in [1.82, 2.24) is 19.9 Å². The molecule has 0 saturated heterocycles. The van der Waals surface area contributed by atoms with Crippen molar-refractivity contribution in [3.8, 4) is 56.7 Å². The zero-order chi connectivity index (χ0) is 40.7. The Labute approximate surface area is 354 Å². The Hall–Kier alpha value is -8.48. The van der Waals surface area contributed by atoms with E-state index in [4.69, 9.17) is 28.8 Å². The number of oxazole rings is 1. The fraction of sp³-hybridized carbons (Fsp3) is 0. The Morgan fingerprint density at radius 3 is 1.40 bits per heavy atom. The highest BCUT2D eigenvalue weighted by Gasteiger charge is 2.20. The number of benzene rings is 10. The van der Waals surface area contributed by atoms with Gasteiger partial charge in [-0.1, -0.05) is 146 Å². The van der Waals surface area contributed by atoms with E-state index in [1.807, 2.05) is 30.3 Å². The van der Waals surface area contributed by atoms with Gasteiger partial charge < -0.3 is 8.83 Å². The zero-order valence-corrected chi connectivity index (χ0v) is 33.1. The highest BCUT2D eigenvalue weighted by Crippen LogP contribution is 2.41. The molecule has 0 aliphatic rings. The second-order valence-corrected chi connectivity index (χ2v) is 15.9. The monoisotopic (exact) mass is 792 g/mol. The van der Waals surface area contributed by atoms with Gasteiger partial charge in [0.1, 0.15) is 16.7 Å². The molecule has 62 heavy (non-hydrogen) atoms. The largest absolute Gasteiger partial charge is 0.456 e. The van der Waals surface area contributed by atoms with Gasteiger partial charge in [0.25, 0.3) is 0 Å². The van der Waals surface area contributed by atoms with Crippen LogP contribution in [0.3, 0.4) is 0 Å². The minimum Gasteiger partial charge on any atom is -0.456 e. The lowest BCUT2D eigenvalue weighted by Crippen LogP contribution is -2.00. The lowest BCUT2D eigenvalue weighted by Gasteiger charge is -2.11. The van der Waals surface area contributed by atoms with Crippen LogP contribution in [0.25, 0.3) is 133 Å².